The molecule has 1 aliphatic rings. The van der Waals surface area contributed by atoms with Gasteiger partial charge in [0.2, 0.25) is 0 Å². The number of hydrogen-bond donors (Lipinski definition) is 1. The first kappa shape index (κ1) is 9.57. The predicted octanol–water partition coefficient (Wildman–Crippen LogP) is 3.34. The third kappa shape index (κ3) is 1.52. The van der Waals surface area contributed by atoms with E-state index in [0.717, 1.165) is 6.54 Å². The van der Waals surface area contributed by atoms with Crippen LogP contribution in [-0.4, -0.2) is 6.54 Å². The second-order valence-corrected chi connectivity index (χ2v) is 4.87. The van der Waals surface area contributed by atoms with Crippen LogP contribution in [0.2, 0.25) is 0 Å². The van der Waals surface area contributed by atoms with E-state index in [0.29, 0.717) is 5.41 Å². The molecule has 1 nitrogen and oxygen atoms in total. The Labute approximate surface area is 86.5 Å². The fourth-order valence-electron chi connectivity index (χ4n) is 2.16. The van der Waals surface area contributed by atoms with Gasteiger partial charge in [0.1, 0.15) is 0 Å². The maximum Gasteiger partial charge on any atom is 0.0379 e. The maximum atomic E-state index is 3.46. The maximum absolute atomic E-state index is 3.46. The molecule has 76 valence electrons. The SMILES string of the molecule is CCCc1ccc2c(c1)C(C)(C)CN2. The van der Waals surface area contributed by atoms with Gasteiger partial charge in [-0.05, 0) is 23.6 Å². The zero-order valence-electron chi connectivity index (χ0n) is 9.35. The highest BCUT2D eigenvalue weighted by Crippen LogP contribution is 2.36. The zero-order valence-corrected chi connectivity index (χ0v) is 9.35. The number of anilines is 1. The molecule has 0 saturated carbocycles. The molecule has 0 aromatic heterocycles. The summed E-state index contributed by atoms with van der Waals surface area (Å²) in [4.78, 5) is 0. The number of rotatable bonds is 2. The first-order valence-corrected chi connectivity index (χ1v) is 5.51. The molecule has 14 heavy (non-hydrogen) atoms. The molecule has 0 amide bonds. The predicted molar refractivity (Wildman–Crippen MR) is 62.0 cm³/mol. The zero-order chi connectivity index (χ0) is 10.2. The molecule has 1 aliphatic heterocycles. The minimum absolute atomic E-state index is 0.305. The van der Waals surface area contributed by atoms with Gasteiger partial charge in [-0.15, -0.1) is 0 Å². The van der Waals surface area contributed by atoms with E-state index in [9.17, 15) is 0 Å². The van der Waals surface area contributed by atoms with E-state index in [1.807, 2.05) is 0 Å². The van der Waals surface area contributed by atoms with Crippen molar-refractivity contribution in [3.63, 3.8) is 0 Å². The van der Waals surface area contributed by atoms with E-state index >= 15 is 0 Å². The van der Waals surface area contributed by atoms with Gasteiger partial charge in [0.25, 0.3) is 0 Å². The Hall–Kier alpha value is -0.980. The Balaban J connectivity index is 2.38. The number of fused-ring (bicyclic) bond motifs is 1. The molecular weight excluding hydrogens is 170 g/mol. The van der Waals surface area contributed by atoms with Crippen molar-refractivity contribution in [1.29, 1.82) is 0 Å². The van der Waals surface area contributed by atoms with Crippen molar-refractivity contribution < 1.29 is 0 Å². The molecular formula is C13H19N. The Morgan fingerprint density at radius 3 is 2.86 bits per heavy atom. The lowest BCUT2D eigenvalue weighted by molar-refractivity contribution is 0.585. The highest BCUT2D eigenvalue weighted by atomic mass is 14.9. The van der Waals surface area contributed by atoms with Gasteiger partial charge in [0.05, 0.1) is 0 Å². The smallest absolute Gasteiger partial charge is 0.0379 e. The van der Waals surface area contributed by atoms with E-state index in [-0.39, 0.29) is 0 Å². The van der Waals surface area contributed by atoms with Crippen molar-refractivity contribution in [1.82, 2.24) is 0 Å². The minimum atomic E-state index is 0.305. The fraction of sp³-hybridized carbons (Fsp3) is 0.538. The molecule has 0 atom stereocenters. The number of hydrogen-bond acceptors (Lipinski definition) is 1. The van der Waals surface area contributed by atoms with Crippen LogP contribution in [0.5, 0.6) is 0 Å². The number of aryl methyl sites for hydroxylation is 1. The van der Waals surface area contributed by atoms with Crippen molar-refractivity contribution in [2.45, 2.75) is 39.0 Å². The van der Waals surface area contributed by atoms with Crippen LogP contribution >= 0.6 is 0 Å². The topological polar surface area (TPSA) is 12.0 Å². The second kappa shape index (κ2) is 3.30. The van der Waals surface area contributed by atoms with E-state index in [1.54, 1.807) is 0 Å². The molecule has 0 aliphatic carbocycles. The van der Waals surface area contributed by atoms with Crippen LogP contribution in [0.1, 0.15) is 38.3 Å². The summed E-state index contributed by atoms with van der Waals surface area (Å²) in [6.45, 7) is 7.91. The van der Waals surface area contributed by atoms with E-state index in [4.69, 9.17) is 0 Å². The highest BCUT2D eigenvalue weighted by Gasteiger charge is 2.29. The van der Waals surface area contributed by atoms with Gasteiger partial charge in [0, 0.05) is 17.6 Å². The Kier molecular flexibility index (Phi) is 2.26. The number of nitrogens with one attached hydrogen (secondary N) is 1. The van der Waals surface area contributed by atoms with Gasteiger partial charge in [-0.1, -0.05) is 39.3 Å². The largest absolute Gasteiger partial charge is 0.384 e. The Morgan fingerprint density at radius 2 is 2.14 bits per heavy atom. The van der Waals surface area contributed by atoms with Gasteiger partial charge in [0.15, 0.2) is 0 Å². The quantitative estimate of drug-likeness (QED) is 0.752. The summed E-state index contributed by atoms with van der Waals surface area (Å²) in [6, 6.07) is 6.85. The average Bonchev–Trinajstić information content (AvgIpc) is 2.44. The summed E-state index contributed by atoms with van der Waals surface area (Å²) in [5.41, 5.74) is 4.60. The molecule has 1 aromatic rings. The Bertz CT molecular complexity index is 339. The van der Waals surface area contributed by atoms with Crippen LogP contribution in [0, 0.1) is 0 Å². The molecule has 1 aromatic carbocycles. The van der Waals surface area contributed by atoms with E-state index < -0.39 is 0 Å². The molecule has 1 heteroatoms. The Morgan fingerprint density at radius 1 is 1.36 bits per heavy atom. The second-order valence-electron chi connectivity index (χ2n) is 4.87. The standard InChI is InChI=1S/C13H19N/c1-4-5-10-6-7-12-11(8-10)13(2,3)9-14-12/h6-8,14H,4-5,9H2,1-3H3. The van der Waals surface area contributed by atoms with E-state index in [1.165, 1.54) is 29.7 Å². The summed E-state index contributed by atoms with van der Waals surface area (Å²) in [6.07, 6.45) is 2.43. The molecule has 0 bridgehead atoms. The first-order valence-electron chi connectivity index (χ1n) is 5.51. The molecule has 1 heterocycles. The highest BCUT2D eigenvalue weighted by molar-refractivity contribution is 5.60. The monoisotopic (exact) mass is 189 g/mol. The average molecular weight is 189 g/mol. The molecule has 1 N–H and O–H groups in total. The van der Waals surface area contributed by atoms with Crippen LogP contribution in [0.15, 0.2) is 18.2 Å². The van der Waals surface area contributed by atoms with Crippen molar-refractivity contribution >= 4 is 5.69 Å². The molecule has 2 rings (SSSR count). The lowest BCUT2D eigenvalue weighted by Gasteiger charge is -2.17. The molecule has 0 unspecified atom stereocenters. The van der Waals surface area contributed by atoms with Crippen molar-refractivity contribution in [3.05, 3.63) is 29.3 Å². The summed E-state index contributed by atoms with van der Waals surface area (Å²) < 4.78 is 0. The number of benzene rings is 1. The van der Waals surface area contributed by atoms with Crippen LogP contribution in [0.3, 0.4) is 0 Å². The summed E-state index contributed by atoms with van der Waals surface area (Å²) in [5, 5.41) is 3.46. The summed E-state index contributed by atoms with van der Waals surface area (Å²) in [7, 11) is 0. The molecule has 0 radical (unpaired) electrons. The van der Waals surface area contributed by atoms with Crippen molar-refractivity contribution in [3.8, 4) is 0 Å². The molecule has 0 saturated heterocycles. The minimum Gasteiger partial charge on any atom is -0.384 e. The fourth-order valence-corrected chi connectivity index (χ4v) is 2.16. The molecule has 0 spiro atoms. The van der Waals surface area contributed by atoms with Crippen molar-refractivity contribution in [2.24, 2.45) is 0 Å². The lowest BCUT2D eigenvalue weighted by atomic mass is 9.86. The van der Waals surface area contributed by atoms with Gasteiger partial charge < -0.3 is 5.32 Å². The van der Waals surface area contributed by atoms with Crippen LogP contribution in [-0.2, 0) is 11.8 Å². The van der Waals surface area contributed by atoms with Gasteiger partial charge in [-0.3, -0.25) is 0 Å². The van der Waals surface area contributed by atoms with Gasteiger partial charge in [-0.25, -0.2) is 0 Å². The first-order chi connectivity index (χ1) is 6.63. The molecule has 0 fully saturated rings. The summed E-state index contributed by atoms with van der Waals surface area (Å²) in [5.74, 6) is 0. The van der Waals surface area contributed by atoms with E-state index in [2.05, 4.69) is 44.3 Å². The van der Waals surface area contributed by atoms with Crippen LogP contribution in [0.4, 0.5) is 5.69 Å². The normalized spacial score (nSPS) is 17.6. The summed E-state index contributed by atoms with van der Waals surface area (Å²) >= 11 is 0. The van der Waals surface area contributed by atoms with Gasteiger partial charge >= 0.3 is 0 Å². The van der Waals surface area contributed by atoms with Crippen LogP contribution < -0.4 is 5.32 Å². The lowest BCUT2D eigenvalue weighted by Crippen LogP contribution is -2.19. The van der Waals surface area contributed by atoms with Gasteiger partial charge in [-0.2, -0.15) is 0 Å². The third-order valence-electron chi connectivity index (χ3n) is 3.07. The van der Waals surface area contributed by atoms with Crippen LogP contribution in [0.25, 0.3) is 0 Å². The third-order valence-corrected chi connectivity index (χ3v) is 3.07. The van der Waals surface area contributed by atoms with Crippen molar-refractivity contribution in [2.75, 3.05) is 11.9 Å².